The SMILES string of the molecule is Cc1nc(C2(CC3CC3)CCCN(C(=O)c3nccc4ccccc34)C2)no1. The lowest BCUT2D eigenvalue weighted by atomic mass is 9.74. The van der Waals surface area contributed by atoms with Crippen LogP contribution in [0.15, 0.2) is 41.1 Å². The first-order valence-corrected chi connectivity index (χ1v) is 10.1. The fourth-order valence-corrected chi connectivity index (χ4v) is 4.57. The first-order valence-electron chi connectivity index (χ1n) is 10.1. The molecule has 0 N–H and O–H groups in total. The van der Waals surface area contributed by atoms with Crippen LogP contribution in [0.4, 0.5) is 0 Å². The molecular formula is C22H24N4O2. The van der Waals surface area contributed by atoms with Crippen molar-refractivity contribution in [1.29, 1.82) is 0 Å². The van der Waals surface area contributed by atoms with Crippen molar-refractivity contribution >= 4 is 16.7 Å². The molecule has 0 radical (unpaired) electrons. The van der Waals surface area contributed by atoms with Gasteiger partial charge in [0.05, 0.1) is 5.41 Å². The number of hydrogen-bond acceptors (Lipinski definition) is 5. The molecule has 5 rings (SSSR count). The largest absolute Gasteiger partial charge is 0.340 e. The predicted molar refractivity (Wildman–Crippen MR) is 105 cm³/mol. The van der Waals surface area contributed by atoms with Crippen LogP contribution in [0.1, 0.15) is 54.3 Å². The van der Waals surface area contributed by atoms with E-state index in [1.54, 1.807) is 6.20 Å². The van der Waals surface area contributed by atoms with Crippen molar-refractivity contribution in [3.05, 3.63) is 53.9 Å². The minimum absolute atomic E-state index is 0.00288. The van der Waals surface area contributed by atoms with Crippen molar-refractivity contribution in [3.8, 4) is 0 Å². The summed E-state index contributed by atoms with van der Waals surface area (Å²) in [6.07, 6.45) is 7.21. The Labute approximate surface area is 163 Å². The van der Waals surface area contributed by atoms with Gasteiger partial charge >= 0.3 is 0 Å². The highest BCUT2D eigenvalue weighted by atomic mass is 16.5. The fourth-order valence-electron chi connectivity index (χ4n) is 4.57. The molecule has 1 atom stereocenters. The summed E-state index contributed by atoms with van der Waals surface area (Å²) in [7, 11) is 0. The quantitative estimate of drug-likeness (QED) is 0.690. The number of rotatable bonds is 4. The van der Waals surface area contributed by atoms with Crippen molar-refractivity contribution in [3.63, 3.8) is 0 Å². The number of hydrogen-bond donors (Lipinski definition) is 0. The average molecular weight is 376 g/mol. The summed E-state index contributed by atoms with van der Waals surface area (Å²) in [5.41, 5.74) is 0.321. The number of pyridine rings is 1. The maximum absolute atomic E-state index is 13.4. The number of piperidine rings is 1. The minimum atomic E-state index is -0.211. The number of likely N-dealkylation sites (tertiary alicyclic amines) is 1. The molecular weight excluding hydrogens is 352 g/mol. The number of amides is 1. The number of aryl methyl sites for hydroxylation is 1. The normalized spacial score (nSPS) is 22.5. The van der Waals surface area contributed by atoms with Gasteiger partial charge in [0.2, 0.25) is 5.89 Å². The van der Waals surface area contributed by atoms with E-state index in [2.05, 4.69) is 15.1 Å². The van der Waals surface area contributed by atoms with E-state index in [9.17, 15) is 4.79 Å². The number of fused-ring (bicyclic) bond motifs is 1. The number of carbonyl (C=O) groups excluding carboxylic acids is 1. The molecule has 1 saturated carbocycles. The second-order valence-corrected chi connectivity index (χ2v) is 8.28. The highest BCUT2D eigenvalue weighted by molar-refractivity contribution is 6.05. The molecule has 3 heterocycles. The molecule has 2 aliphatic rings. The molecule has 1 unspecified atom stereocenters. The lowest BCUT2D eigenvalue weighted by molar-refractivity contribution is 0.0603. The van der Waals surface area contributed by atoms with Gasteiger partial charge in [-0.3, -0.25) is 9.78 Å². The molecule has 6 nitrogen and oxygen atoms in total. The summed E-state index contributed by atoms with van der Waals surface area (Å²) < 4.78 is 5.31. The molecule has 3 aromatic rings. The van der Waals surface area contributed by atoms with Gasteiger partial charge < -0.3 is 9.42 Å². The van der Waals surface area contributed by atoms with Gasteiger partial charge in [-0.1, -0.05) is 42.3 Å². The molecule has 0 spiro atoms. The summed E-state index contributed by atoms with van der Waals surface area (Å²) >= 11 is 0. The molecule has 0 bridgehead atoms. The Bertz CT molecular complexity index is 1020. The maximum Gasteiger partial charge on any atom is 0.273 e. The van der Waals surface area contributed by atoms with Crippen LogP contribution in [0.2, 0.25) is 0 Å². The molecule has 1 aromatic carbocycles. The van der Waals surface area contributed by atoms with Crippen molar-refractivity contribution in [2.45, 2.75) is 44.4 Å². The molecule has 2 aromatic heterocycles. The van der Waals surface area contributed by atoms with Crippen LogP contribution in [0, 0.1) is 12.8 Å². The zero-order chi connectivity index (χ0) is 19.1. The third kappa shape index (κ3) is 3.07. The summed E-state index contributed by atoms with van der Waals surface area (Å²) in [4.78, 5) is 24.4. The maximum atomic E-state index is 13.4. The zero-order valence-electron chi connectivity index (χ0n) is 16.1. The highest BCUT2D eigenvalue weighted by Crippen LogP contribution is 2.45. The van der Waals surface area contributed by atoms with E-state index in [0.717, 1.165) is 42.4 Å². The van der Waals surface area contributed by atoms with Crippen molar-refractivity contribution < 1.29 is 9.32 Å². The van der Waals surface area contributed by atoms with Gasteiger partial charge in [0.15, 0.2) is 5.82 Å². The number of benzene rings is 1. The van der Waals surface area contributed by atoms with Gasteiger partial charge in [0.1, 0.15) is 5.69 Å². The van der Waals surface area contributed by atoms with Gasteiger partial charge in [-0.2, -0.15) is 4.98 Å². The van der Waals surface area contributed by atoms with Crippen LogP contribution in [0.3, 0.4) is 0 Å². The Balaban J connectivity index is 1.49. The predicted octanol–water partition coefficient (Wildman–Crippen LogP) is 3.90. The van der Waals surface area contributed by atoms with E-state index in [1.165, 1.54) is 12.8 Å². The smallest absolute Gasteiger partial charge is 0.273 e. The molecule has 1 saturated heterocycles. The van der Waals surface area contributed by atoms with Gasteiger partial charge in [-0.05, 0) is 36.6 Å². The molecule has 1 aliphatic carbocycles. The van der Waals surface area contributed by atoms with Crippen LogP contribution in [-0.2, 0) is 5.41 Å². The Morgan fingerprint density at radius 2 is 2.14 bits per heavy atom. The van der Waals surface area contributed by atoms with E-state index in [4.69, 9.17) is 4.52 Å². The van der Waals surface area contributed by atoms with E-state index >= 15 is 0 Å². The summed E-state index contributed by atoms with van der Waals surface area (Å²) in [5, 5.41) is 6.21. The summed E-state index contributed by atoms with van der Waals surface area (Å²) in [6.45, 7) is 3.20. The van der Waals surface area contributed by atoms with Crippen LogP contribution < -0.4 is 0 Å². The third-order valence-electron chi connectivity index (χ3n) is 6.12. The molecule has 1 aliphatic heterocycles. The first-order chi connectivity index (χ1) is 13.6. The van der Waals surface area contributed by atoms with E-state index in [0.29, 0.717) is 24.0 Å². The number of aromatic nitrogens is 3. The lowest BCUT2D eigenvalue weighted by Gasteiger charge is -2.41. The fraction of sp³-hybridized carbons (Fsp3) is 0.455. The highest BCUT2D eigenvalue weighted by Gasteiger charge is 2.46. The number of carbonyl (C=O) groups is 1. The summed E-state index contributed by atoms with van der Waals surface area (Å²) in [6, 6.07) is 9.87. The van der Waals surface area contributed by atoms with E-state index in [-0.39, 0.29) is 11.3 Å². The van der Waals surface area contributed by atoms with Crippen molar-refractivity contribution in [1.82, 2.24) is 20.0 Å². The second-order valence-electron chi connectivity index (χ2n) is 8.28. The topological polar surface area (TPSA) is 72.1 Å². The van der Waals surface area contributed by atoms with Gasteiger partial charge in [-0.25, -0.2) is 0 Å². The first kappa shape index (κ1) is 17.3. The second kappa shape index (κ2) is 6.69. The van der Waals surface area contributed by atoms with Crippen LogP contribution in [0.5, 0.6) is 0 Å². The lowest BCUT2D eigenvalue weighted by Crippen LogP contribution is -2.49. The molecule has 2 fully saturated rings. The van der Waals surface area contributed by atoms with Gasteiger partial charge in [0, 0.05) is 31.6 Å². The van der Waals surface area contributed by atoms with Crippen LogP contribution >= 0.6 is 0 Å². The van der Waals surface area contributed by atoms with Crippen LogP contribution in [0.25, 0.3) is 10.8 Å². The minimum Gasteiger partial charge on any atom is -0.340 e. The Morgan fingerprint density at radius 1 is 1.29 bits per heavy atom. The van der Waals surface area contributed by atoms with E-state index < -0.39 is 0 Å². The van der Waals surface area contributed by atoms with Crippen molar-refractivity contribution in [2.75, 3.05) is 13.1 Å². The standard InChI is InChI=1S/C22H24N4O2/c1-15-24-21(25-28-15)22(13-16-7-8-16)10-4-12-26(14-22)20(27)19-18-6-3-2-5-17(18)9-11-23-19/h2-3,5-6,9,11,16H,4,7-8,10,12-14H2,1H3. The average Bonchev–Trinajstić information content (AvgIpc) is 3.42. The van der Waals surface area contributed by atoms with E-state index in [1.807, 2.05) is 42.2 Å². The van der Waals surface area contributed by atoms with Crippen molar-refractivity contribution in [2.24, 2.45) is 5.92 Å². The third-order valence-corrected chi connectivity index (χ3v) is 6.12. The molecule has 28 heavy (non-hydrogen) atoms. The van der Waals surface area contributed by atoms with Gasteiger partial charge in [0.25, 0.3) is 5.91 Å². The molecule has 6 heteroatoms. The number of nitrogens with zero attached hydrogens (tertiary/aromatic N) is 4. The Kier molecular flexibility index (Phi) is 4.14. The zero-order valence-corrected chi connectivity index (χ0v) is 16.1. The van der Waals surface area contributed by atoms with Gasteiger partial charge in [-0.15, -0.1) is 0 Å². The monoisotopic (exact) mass is 376 g/mol. The Morgan fingerprint density at radius 3 is 2.93 bits per heavy atom. The van der Waals surface area contributed by atoms with Crippen LogP contribution in [-0.4, -0.2) is 39.0 Å². The molecule has 144 valence electrons. The Hall–Kier alpha value is -2.76. The summed E-state index contributed by atoms with van der Waals surface area (Å²) in [5.74, 6) is 2.06. The molecule has 1 amide bonds.